The van der Waals surface area contributed by atoms with Crippen LogP contribution in [0.25, 0.3) is 0 Å². The van der Waals surface area contributed by atoms with Crippen LogP contribution in [0.15, 0.2) is 18.2 Å². The maximum Gasteiger partial charge on any atom is 0.328 e. The SMILES string of the molecule is CN(c1cccc(F)c1C#N)C(C)(C)C(=O)O. The lowest BCUT2D eigenvalue weighted by atomic mass is 10.0. The fourth-order valence-electron chi connectivity index (χ4n) is 1.35. The zero-order chi connectivity index (χ0) is 13.2. The second kappa shape index (κ2) is 4.42. The number of carboxylic acids is 1. The summed E-state index contributed by atoms with van der Waals surface area (Å²) >= 11 is 0. The number of rotatable bonds is 3. The minimum Gasteiger partial charge on any atom is -0.480 e. The lowest BCUT2D eigenvalue weighted by Gasteiger charge is -2.34. The summed E-state index contributed by atoms with van der Waals surface area (Å²) in [4.78, 5) is 12.5. The molecule has 0 aliphatic carbocycles. The van der Waals surface area contributed by atoms with E-state index in [4.69, 9.17) is 10.4 Å². The second-order valence-electron chi connectivity index (χ2n) is 4.17. The van der Waals surface area contributed by atoms with E-state index in [1.165, 1.54) is 44.0 Å². The molecule has 1 aromatic rings. The van der Waals surface area contributed by atoms with E-state index < -0.39 is 17.3 Å². The molecule has 0 aliphatic rings. The van der Waals surface area contributed by atoms with E-state index in [2.05, 4.69) is 0 Å². The summed E-state index contributed by atoms with van der Waals surface area (Å²) in [5, 5.41) is 18.0. The molecule has 0 aromatic heterocycles. The minimum absolute atomic E-state index is 0.149. The van der Waals surface area contributed by atoms with Crippen LogP contribution in [-0.2, 0) is 4.79 Å². The number of nitrogens with zero attached hydrogens (tertiary/aromatic N) is 2. The van der Waals surface area contributed by atoms with Crippen LogP contribution in [0, 0.1) is 17.1 Å². The monoisotopic (exact) mass is 236 g/mol. The molecular weight excluding hydrogens is 223 g/mol. The molecular formula is C12H13FN2O2. The first-order valence-corrected chi connectivity index (χ1v) is 4.98. The maximum absolute atomic E-state index is 13.4. The number of benzene rings is 1. The van der Waals surface area contributed by atoms with Crippen molar-refractivity contribution < 1.29 is 14.3 Å². The van der Waals surface area contributed by atoms with Gasteiger partial charge in [-0.1, -0.05) is 6.07 Å². The van der Waals surface area contributed by atoms with Gasteiger partial charge >= 0.3 is 5.97 Å². The molecule has 0 saturated heterocycles. The highest BCUT2D eigenvalue weighted by molar-refractivity contribution is 5.83. The molecule has 0 heterocycles. The van der Waals surface area contributed by atoms with Crippen molar-refractivity contribution in [1.29, 1.82) is 5.26 Å². The van der Waals surface area contributed by atoms with E-state index in [0.717, 1.165) is 0 Å². The first-order valence-electron chi connectivity index (χ1n) is 4.98. The molecule has 0 aliphatic heterocycles. The summed E-state index contributed by atoms with van der Waals surface area (Å²) in [6, 6.07) is 5.88. The van der Waals surface area contributed by atoms with Crippen molar-refractivity contribution in [2.45, 2.75) is 19.4 Å². The Balaban J connectivity index is 3.32. The number of aliphatic carboxylic acids is 1. The van der Waals surface area contributed by atoms with Crippen LogP contribution in [0.5, 0.6) is 0 Å². The van der Waals surface area contributed by atoms with Gasteiger partial charge < -0.3 is 10.0 Å². The van der Waals surface area contributed by atoms with Crippen molar-refractivity contribution in [3.05, 3.63) is 29.6 Å². The lowest BCUT2D eigenvalue weighted by molar-refractivity contribution is -0.142. The third-order valence-electron chi connectivity index (χ3n) is 2.83. The van der Waals surface area contributed by atoms with E-state index in [1.54, 1.807) is 6.07 Å². The molecule has 0 unspecified atom stereocenters. The van der Waals surface area contributed by atoms with Gasteiger partial charge in [0, 0.05) is 7.05 Å². The Hall–Kier alpha value is -2.09. The van der Waals surface area contributed by atoms with Crippen molar-refractivity contribution in [1.82, 2.24) is 0 Å². The van der Waals surface area contributed by atoms with Crippen LogP contribution in [0.1, 0.15) is 19.4 Å². The Bertz CT molecular complexity index is 492. The second-order valence-corrected chi connectivity index (χ2v) is 4.17. The van der Waals surface area contributed by atoms with Gasteiger partial charge in [0.1, 0.15) is 23.0 Å². The molecule has 17 heavy (non-hydrogen) atoms. The smallest absolute Gasteiger partial charge is 0.328 e. The van der Waals surface area contributed by atoms with Crippen LogP contribution < -0.4 is 4.90 Å². The van der Waals surface area contributed by atoms with Gasteiger partial charge in [-0.15, -0.1) is 0 Å². The summed E-state index contributed by atoms with van der Waals surface area (Å²) in [6.07, 6.45) is 0. The van der Waals surface area contributed by atoms with Crippen molar-refractivity contribution in [3.8, 4) is 6.07 Å². The van der Waals surface area contributed by atoms with Gasteiger partial charge in [-0.3, -0.25) is 0 Å². The Morgan fingerprint density at radius 2 is 2.12 bits per heavy atom. The quantitative estimate of drug-likeness (QED) is 0.871. The van der Waals surface area contributed by atoms with Gasteiger partial charge in [-0.05, 0) is 26.0 Å². The van der Waals surface area contributed by atoms with Gasteiger partial charge in [0.2, 0.25) is 0 Å². The molecule has 0 spiro atoms. The number of halogens is 1. The number of carbonyl (C=O) groups is 1. The Morgan fingerprint density at radius 1 is 1.53 bits per heavy atom. The molecule has 90 valence electrons. The molecule has 1 rings (SSSR count). The number of carboxylic acid groups (broad SMARTS) is 1. The van der Waals surface area contributed by atoms with E-state index in [9.17, 15) is 9.18 Å². The predicted molar refractivity (Wildman–Crippen MR) is 61.2 cm³/mol. The standard InChI is InChI=1S/C12H13FN2O2/c1-12(2,11(16)17)15(3)10-6-4-5-9(13)8(10)7-14/h4-6H,1-3H3,(H,16,17). The first-order chi connectivity index (χ1) is 7.82. The van der Waals surface area contributed by atoms with Crippen molar-refractivity contribution in [2.75, 3.05) is 11.9 Å². The Kier molecular flexibility index (Phi) is 3.37. The summed E-state index contributed by atoms with van der Waals surface area (Å²) in [5.74, 6) is -1.70. The number of hydrogen-bond acceptors (Lipinski definition) is 3. The molecule has 4 nitrogen and oxygen atoms in total. The maximum atomic E-state index is 13.4. The highest BCUT2D eigenvalue weighted by Gasteiger charge is 2.33. The summed E-state index contributed by atoms with van der Waals surface area (Å²) in [5.41, 5.74) is -1.11. The average Bonchev–Trinajstić information content (AvgIpc) is 2.27. The van der Waals surface area contributed by atoms with Crippen LogP contribution in [-0.4, -0.2) is 23.7 Å². The van der Waals surface area contributed by atoms with Crippen molar-refractivity contribution >= 4 is 11.7 Å². The van der Waals surface area contributed by atoms with Crippen LogP contribution >= 0.6 is 0 Å². The van der Waals surface area contributed by atoms with Crippen molar-refractivity contribution in [3.63, 3.8) is 0 Å². The molecule has 0 fully saturated rings. The van der Waals surface area contributed by atoms with Crippen LogP contribution in [0.2, 0.25) is 0 Å². The molecule has 1 N–H and O–H groups in total. The number of likely N-dealkylation sites (N-methyl/N-ethyl adjacent to an activating group) is 1. The van der Waals surface area contributed by atoms with E-state index >= 15 is 0 Å². The molecule has 0 amide bonds. The molecule has 1 aromatic carbocycles. The van der Waals surface area contributed by atoms with Gasteiger partial charge in [-0.25, -0.2) is 9.18 Å². The highest BCUT2D eigenvalue weighted by atomic mass is 19.1. The molecule has 5 heteroatoms. The Morgan fingerprint density at radius 3 is 2.59 bits per heavy atom. The lowest BCUT2D eigenvalue weighted by Crippen LogP contribution is -2.48. The third-order valence-corrected chi connectivity index (χ3v) is 2.83. The fraction of sp³-hybridized carbons (Fsp3) is 0.333. The average molecular weight is 236 g/mol. The topological polar surface area (TPSA) is 64.3 Å². The van der Waals surface area contributed by atoms with E-state index in [-0.39, 0.29) is 11.3 Å². The fourth-order valence-corrected chi connectivity index (χ4v) is 1.35. The van der Waals surface area contributed by atoms with Crippen LogP contribution in [0.4, 0.5) is 10.1 Å². The van der Waals surface area contributed by atoms with Crippen LogP contribution in [0.3, 0.4) is 0 Å². The zero-order valence-corrected chi connectivity index (χ0v) is 9.86. The molecule has 0 bridgehead atoms. The highest BCUT2D eigenvalue weighted by Crippen LogP contribution is 2.27. The molecule has 0 radical (unpaired) electrons. The summed E-state index contributed by atoms with van der Waals surface area (Å²) < 4.78 is 13.4. The first kappa shape index (κ1) is 13.0. The zero-order valence-electron chi connectivity index (χ0n) is 9.86. The molecule has 0 saturated carbocycles. The minimum atomic E-state index is -1.22. The van der Waals surface area contributed by atoms with Gasteiger partial charge in [0.05, 0.1) is 5.69 Å². The van der Waals surface area contributed by atoms with E-state index in [1.807, 2.05) is 0 Å². The number of nitriles is 1. The molecule has 0 atom stereocenters. The predicted octanol–water partition coefficient (Wildman–Crippen LogP) is 2.00. The third kappa shape index (κ3) is 2.21. The van der Waals surface area contributed by atoms with Crippen molar-refractivity contribution in [2.24, 2.45) is 0 Å². The number of anilines is 1. The normalized spacial score (nSPS) is 10.8. The van der Waals surface area contributed by atoms with Gasteiger partial charge in [-0.2, -0.15) is 5.26 Å². The van der Waals surface area contributed by atoms with E-state index in [0.29, 0.717) is 0 Å². The summed E-state index contributed by atoms with van der Waals surface area (Å²) in [7, 11) is 1.52. The Labute approximate surface area is 98.9 Å². The number of hydrogen-bond donors (Lipinski definition) is 1. The van der Waals surface area contributed by atoms with Gasteiger partial charge in [0.25, 0.3) is 0 Å². The largest absolute Gasteiger partial charge is 0.480 e. The van der Waals surface area contributed by atoms with Gasteiger partial charge in [0.15, 0.2) is 0 Å². The summed E-state index contributed by atoms with van der Waals surface area (Å²) in [6.45, 7) is 2.97.